The monoisotopic (exact) mass is 269 g/mol. The summed E-state index contributed by atoms with van der Waals surface area (Å²) in [5.41, 5.74) is 3.98. The highest BCUT2D eigenvalue weighted by atomic mass is 19.1. The van der Waals surface area contributed by atoms with Crippen molar-refractivity contribution in [2.75, 3.05) is 6.54 Å². The van der Waals surface area contributed by atoms with Crippen molar-refractivity contribution in [1.29, 1.82) is 0 Å². The summed E-state index contributed by atoms with van der Waals surface area (Å²) < 4.78 is 12.8. The highest BCUT2D eigenvalue weighted by Crippen LogP contribution is 2.39. The highest BCUT2D eigenvalue weighted by Gasteiger charge is 2.22. The van der Waals surface area contributed by atoms with Gasteiger partial charge in [0.2, 0.25) is 0 Å². The summed E-state index contributed by atoms with van der Waals surface area (Å²) in [7, 11) is 0. The van der Waals surface area contributed by atoms with Crippen molar-refractivity contribution < 1.29 is 4.39 Å². The molecular formula is C18H20FN. The van der Waals surface area contributed by atoms with Gasteiger partial charge in [-0.05, 0) is 60.5 Å². The molecular weight excluding hydrogens is 249 g/mol. The molecule has 1 aliphatic carbocycles. The minimum Gasteiger partial charge on any atom is -0.312 e. The van der Waals surface area contributed by atoms with Crippen molar-refractivity contribution in [3.63, 3.8) is 0 Å². The molecule has 0 bridgehead atoms. The first-order chi connectivity index (χ1) is 9.81. The summed E-state index contributed by atoms with van der Waals surface area (Å²) >= 11 is 0. The molecule has 0 aromatic heterocycles. The van der Waals surface area contributed by atoms with E-state index in [1.54, 1.807) is 0 Å². The van der Waals surface area contributed by atoms with Crippen LogP contribution >= 0.6 is 0 Å². The van der Waals surface area contributed by atoms with Crippen LogP contribution < -0.4 is 5.32 Å². The van der Waals surface area contributed by atoms with Gasteiger partial charge in [0.15, 0.2) is 0 Å². The number of hydrogen-bond donors (Lipinski definition) is 1. The average Bonchev–Trinajstić information content (AvgIpc) is 3.31. The lowest BCUT2D eigenvalue weighted by atomic mass is 10.1. The molecule has 1 aliphatic rings. The second-order valence-corrected chi connectivity index (χ2v) is 5.57. The van der Waals surface area contributed by atoms with E-state index in [-0.39, 0.29) is 5.82 Å². The molecule has 1 nitrogen and oxygen atoms in total. The maximum absolute atomic E-state index is 12.8. The van der Waals surface area contributed by atoms with Crippen LogP contribution in [0, 0.1) is 5.82 Å². The van der Waals surface area contributed by atoms with E-state index in [0.29, 0.717) is 0 Å². The predicted octanol–water partition coefficient (Wildman–Crippen LogP) is 4.04. The zero-order chi connectivity index (χ0) is 13.8. The Morgan fingerprint density at radius 2 is 1.55 bits per heavy atom. The van der Waals surface area contributed by atoms with Gasteiger partial charge in [0, 0.05) is 6.54 Å². The summed E-state index contributed by atoms with van der Waals surface area (Å²) in [6, 6.07) is 15.7. The van der Waals surface area contributed by atoms with Gasteiger partial charge in [0.05, 0.1) is 0 Å². The number of benzene rings is 2. The van der Waals surface area contributed by atoms with E-state index in [1.807, 2.05) is 12.1 Å². The van der Waals surface area contributed by atoms with Crippen LogP contribution in [0.25, 0.3) is 0 Å². The van der Waals surface area contributed by atoms with Crippen LogP contribution in [-0.4, -0.2) is 6.54 Å². The fourth-order valence-electron chi connectivity index (χ4n) is 2.44. The van der Waals surface area contributed by atoms with E-state index in [9.17, 15) is 4.39 Å². The fourth-order valence-corrected chi connectivity index (χ4v) is 2.44. The van der Waals surface area contributed by atoms with Gasteiger partial charge in [-0.25, -0.2) is 4.39 Å². The van der Waals surface area contributed by atoms with Crippen LogP contribution in [0.4, 0.5) is 4.39 Å². The van der Waals surface area contributed by atoms with Gasteiger partial charge >= 0.3 is 0 Å². The van der Waals surface area contributed by atoms with E-state index in [1.165, 1.54) is 41.7 Å². The van der Waals surface area contributed by atoms with Crippen LogP contribution in [-0.2, 0) is 13.0 Å². The molecule has 0 heterocycles. The Labute approximate surface area is 119 Å². The molecule has 1 N–H and O–H groups in total. The molecule has 0 aliphatic heterocycles. The Balaban J connectivity index is 1.41. The van der Waals surface area contributed by atoms with Crippen LogP contribution in [0.3, 0.4) is 0 Å². The predicted molar refractivity (Wildman–Crippen MR) is 80.2 cm³/mol. The van der Waals surface area contributed by atoms with Crippen LogP contribution in [0.2, 0.25) is 0 Å². The topological polar surface area (TPSA) is 12.0 Å². The third kappa shape index (κ3) is 3.67. The number of rotatable bonds is 6. The molecule has 0 spiro atoms. The van der Waals surface area contributed by atoms with Gasteiger partial charge in [0.1, 0.15) is 5.82 Å². The van der Waals surface area contributed by atoms with Crippen LogP contribution in [0.1, 0.15) is 35.4 Å². The molecule has 1 fully saturated rings. The highest BCUT2D eigenvalue weighted by molar-refractivity contribution is 5.28. The van der Waals surface area contributed by atoms with Gasteiger partial charge in [0.25, 0.3) is 0 Å². The summed E-state index contributed by atoms with van der Waals surface area (Å²) in [5, 5.41) is 3.44. The molecule has 0 unspecified atom stereocenters. The molecule has 3 rings (SSSR count). The molecule has 2 heteroatoms. The van der Waals surface area contributed by atoms with Gasteiger partial charge in [-0.15, -0.1) is 0 Å². The van der Waals surface area contributed by atoms with Crippen molar-refractivity contribution in [2.24, 2.45) is 0 Å². The SMILES string of the molecule is Fc1ccc(CCNCc2ccc(C3CC3)cc2)cc1. The summed E-state index contributed by atoms with van der Waals surface area (Å²) in [5.74, 6) is 0.660. The largest absolute Gasteiger partial charge is 0.312 e. The molecule has 2 aromatic carbocycles. The molecule has 0 radical (unpaired) electrons. The summed E-state index contributed by atoms with van der Waals surface area (Å²) in [6.45, 7) is 1.81. The Morgan fingerprint density at radius 3 is 2.20 bits per heavy atom. The third-order valence-electron chi connectivity index (χ3n) is 3.86. The maximum atomic E-state index is 12.8. The molecule has 0 saturated heterocycles. The Bertz CT molecular complexity index is 541. The standard InChI is InChI=1S/C18H20FN/c19-18-9-3-14(4-10-18)11-12-20-13-15-1-5-16(6-2-15)17-7-8-17/h1-6,9-10,17,20H,7-8,11-13H2. The summed E-state index contributed by atoms with van der Waals surface area (Å²) in [6.07, 6.45) is 3.64. The Hall–Kier alpha value is -1.67. The zero-order valence-corrected chi connectivity index (χ0v) is 11.6. The Kier molecular flexibility index (Phi) is 4.12. The van der Waals surface area contributed by atoms with Gasteiger partial charge < -0.3 is 5.32 Å². The summed E-state index contributed by atoms with van der Waals surface area (Å²) in [4.78, 5) is 0. The fraction of sp³-hybridized carbons (Fsp3) is 0.333. The minimum absolute atomic E-state index is 0.169. The number of halogens is 1. The van der Waals surface area contributed by atoms with E-state index >= 15 is 0 Å². The first-order valence-electron chi connectivity index (χ1n) is 7.35. The second-order valence-electron chi connectivity index (χ2n) is 5.57. The first-order valence-corrected chi connectivity index (χ1v) is 7.35. The zero-order valence-electron chi connectivity index (χ0n) is 11.6. The van der Waals surface area contributed by atoms with Crippen molar-refractivity contribution in [1.82, 2.24) is 5.32 Å². The smallest absolute Gasteiger partial charge is 0.123 e. The van der Waals surface area contributed by atoms with Crippen molar-refractivity contribution in [3.05, 3.63) is 71.0 Å². The van der Waals surface area contributed by atoms with Gasteiger partial charge in [-0.1, -0.05) is 36.4 Å². The van der Waals surface area contributed by atoms with E-state index < -0.39 is 0 Å². The lowest BCUT2D eigenvalue weighted by Crippen LogP contribution is -2.16. The molecule has 0 atom stereocenters. The number of nitrogens with one attached hydrogen (secondary N) is 1. The van der Waals surface area contributed by atoms with Crippen LogP contribution in [0.5, 0.6) is 0 Å². The van der Waals surface area contributed by atoms with E-state index in [2.05, 4.69) is 29.6 Å². The van der Waals surface area contributed by atoms with E-state index in [0.717, 1.165) is 25.4 Å². The average molecular weight is 269 g/mol. The Morgan fingerprint density at radius 1 is 0.900 bits per heavy atom. The van der Waals surface area contributed by atoms with Crippen LogP contribution in [0.15, 0.2) is 48.5 Å². The molecule has 1 saturated carbocycles. The van der Waals surface area contributed by atoms with E-state index in [4.69, 9.17) is 0 Å². The quantitative estimate of drug-likeness (QED) is 0.781. The van der Waals surface area contributed by atoms with Crippen molar-refractivity contribution >= 4 is 0 Å². The molecule has 2 aromatic rings. The molecule has 0 amide bonds. The lowest BCUT2D eigenvalue weighted by Gasteiger charge is -2.06. The molecule has 104 valence electrons. The van der Waals surface area contributed by atoms with Gasteiger partial charge in [-0.2, -0.15) is 0 Å². The third-order valence-corrected chi connectivity index (χ3v) is 3.86. The lowest BCUT2D eigenvalue weighted by molar-refractivity contribution is 0.626. The maximum Gasteiger partial charge on any atom is 0.123 e. The van der Waals surface area contributed by atoms with Crippen molar-refractivity contribution in [3.8, 4) is 0 Å². The first kappa shape index (κ1) is 13.3. The molecule has 20 heavy (non-hydrogen) atoms. The van der Waals surface area contributed by atoms with Crippen molar-refractivity contribution in [2.45, 2.75) is 31.7 Å². The normalized spacial score (nSPS) is 14.4. The van der Waals surface area contributed by atoms with Gasteiger partial charge in [-0.3, -0.25) is 0 Å². The minimum atomic E-state index is -0.169. The number of hydrogen-bond acceptors (Lipinski definition) is 1. The second kappa shape index (κ2) is 6.19.